The first-order chi connectivity index (χ1) is 25.1. The Bertz CT molecular complexity index is 2840. The van der Waals surface area contributed by atoms with E-state index in [1.54, 1.807) is 0 Å². The number of hydrogen-bond acceptors (Lipinski definition) is 0. The molecular weight excluding hydrogens is 617 g/mol. The molecular formula is C49H36N2. The van der Waals surface area contributed by atoms with Crippen LogP contribution in [0.5, 0.6) is 0 Å². The van der Waals surface area contributed by atoms with Crippen molar-refractivity contribution in [3.05, 3.63) is 198 Å². The molecule has 2 heterocycles. The fraction of sp³-hybridized carbons (Fsp3) is 0.0204. The van der Waals surface area contributed by atoms with Crippen LogP contribution in [0.15, 0.2) is 182 Å². The van der Waals surface area contributed by atoms with Gasteiger partial charge in [0.05, 0.1) is 21.9 Å². The number of nitrogens with zero attached hydrogens (tertiary/aromatic N) is 2. The van der Waals surface area contributed by atoms with Crippen LogP contribution in [-0.4, -0.2) is 9.13 Å². The summed E-state index contributed by atoms with van der Waals surface area (Å²) in [7, 11) is 0. The molecule has 2 heteroatoms. The van der Waals surface area contributed by atoms with Gasteiger partial charge in [-0.3, -0.25) is 0 Å². The van der Waals surface area contributed by atoms with E-state index in [0.717, 1.165) is 27.2 Å². The van der Waals surface area contributed by atoms with Crippen LogP contribution < -0.4 is 10.6 Å². The topological polar surface area (TPSA) is 9.86 Å². The fourth-order valence-electron chi connectivity index (χ4n) is 7.44. The van der Waals surface area contributed by atoms with E-state index in [1.807, 2.05) is 0 Å². The summed E-state index contributed by atoms with van der Waals surface area (Å²) in [6, 6.07) is 62.9. The summed E-state index contributed by atoms with van der Waals surface area (Å²) in [5.41, 5.74) is 13.0. The van der Waals surface area contributed by atoms with Gasteiger partial charge in [0.25, 0.3) is 0 Å². The number of aromatic nitrogens is 2. The summed E-state index contributed by atoms with van der Waals surface area (Å²) >= 11 is 0. The molecule has 0 aliphatic heterocycles. The van der Waals surface area contributed by atoms with Crippen molar-refractivity contribution >= 4 is 50.9 Å². The Morgan fingerprint density at radius 2 is 0.961 bits per heavy atom. The lowest BCUT2D eigenvalue weighted by molar-refractivity contribution is 1.07. The van der Waals surface area contributed by atoms with E-state index in [2.05, 4.69) is 211 Å². The lowest BCUT2D eigenvalue weighted by atomic mass is 9.99. The first-order valence-corrected chi connectivity index (χ1v) is 17.5. The molecule has 0 saturated carbocycles. The normalized spacial score (nSPS) is 12.3. The van der Waals surface area contributed by atoms with E-state index in [4.69, 9.17) is 0 Å². The molecule has 0 bridgehead atoms. The molecule has 242 valence electrons. The molecule has 0 aliphatic carbocycles. The van der Waals surface area contributed by atoms with Gasteiger partial charge in [-0.05, 0) is 101 Å². The van der Waals surface area contributed by atoms with E-state index in [1.165, 1.54) is 60.9 Å². The van der Waals surface area contributed by atoms with Gasteiger partial charge in [-0.15, -0.1) is 0 Å². The van der Waals surface area contributed by atoms with E-state index in [0.29, 0.717) is 0 Å². The van der Waals surface area contributed by atoms with Crippen molar-refractivity contribution in [2.45, 2.75) is 6.92 Å². The van der Waals surface area contributed by atoms with Crippen molar-refractivity contribution in [1.82, 2.24) is 9.13 Å². The minimum atomic E-state index is 1.02. The molecule has 0 atom stereocenters. The summed E-state index contributed by atoms with van der Waals surface area (Å²) < 4.78 is 4.69. The maximum absolute atomic E-state index is 4.66. The SMILES string of the molecule is C=c1/c(=C\C=C(/C)c2ccc3c(c2)c2ccccc2n3-c2ccccc2)n(-c2ccccc2)c2ccc(-c3ccc(-c4ccccc4)cc3)cc12. The Labute approximate surface area is 297 Å². The summed E-state index contributed by atoms with van der Waals surface area (Å²) in [4.78, 5) is 0. The lowest BCUT2D eigenvalue weighted by Gasteiger charge is -2.09. The number of allylic oxidation sites excluding steroid dienone is 2. The van der Waals surface area contributed by atoms with Crippen LogP contribution in [0.2, 0.25) is 0 Å². The zero-order chi connectivity index (χ0) is 34.3. The molecule has 2 aromatic heterocycles. The van der Waals surface area contributed by atoms with Crippen LogP contribution in [0, 0.1) is 0 Å². The zero-order valence-corrected chi connectivity index (χ0v) is 28.5. The molecule has 0 aliphatic rings. The van der Waals surface area contributed by atoms with Gasteiger partial charge in [0.1, 0.15) is 0 Å². The van der Waals surface area contributed by atoms with Gasteiger partial charge in [0.2, 0.25) is 0 Å². The highest BCUT2D eigenvalue weighted by molar-refractivity contribution is 6.10. The summed E-state index contributed by atoms with van der Waals surface area (Å²) in [5.74, 6) is 0. The van der Waals surface area contributed by atoms with Gasteiger partial charge in [0, 0.05) is 32.8 Å². The Morgan fingerprint density at radius 1 is 0.451 bits per heavy atom. The second-order valence-corrected chi connectivity index (χ2v) is 13.1. The predicted molar refractivity (Wildman–Crippen MR) is 218 cm³/mol. The second kappa shape index (κ2) is 12.7. The van der Waals surface area contributed by atoms with Crippen molar-refractivity contribution < 1.29 is 0 Å². The van der Waals surface area contributed by atoms with Crippen LogP contribution in [0.4, 0.5) is 0 Å². The minimum Gasteiger partial charge on any atom is -0.309 e. The molecule has 7 aromatic carbocycles. The van der Waals surface area contributed by atoms with Crippen LogP contribution >= 0.6 is 0 Å². The molecule has 0 saturated heterocycles. The maximum Gasteiger partial charge on any atom is 0.0541 e. The van der Waals surface area contributed by atoms with Crippen molar-refractivity contribution in [2.24, 2.45) is 0 Å². The summed E-state index contributed by atoms with van der Waals surface area (Å²) in [5, 5.41) is 5.75. The third kappa shape index (κ3) is 5.39. The smallest absolute Gasteiger partial charge is 0.0541 e. The highest BCUT2D eigenvalue weighted by Crippen LogP contribution is 2.34. The molecule has 9 aromatic rings. The molecule has 0 N–H and O–H groups in total. The van der Waals surface area contributed by atoms with Gasteiger partial charge < -0.3 is 9.13 Å². The van der Waals surface area contributed by atoms with Crippen molar-refractivity contribution in [3.63, 3.8) is 0 Å². The molecule has 0 spiro atoms. The monoisotopic (exact) mass is 652 g/mol. The Hall–Kier alpha value is -6.64. The van der Waals surface area contributed by atoms with Gasteiger partial charge in [-0.2, -0.15) is 0 Å². The average Bonchev–Trinajstić information content (AvgIpc) is 3.68. The summed E-state index contributed by atoms with van der Waals surface area (Å²) in [6.45, 7) is 6.85. The molecule has 51 heavy (non-hydrogen) atoms. The van der Waals surface area contributed by atoms with Crippen LogP contribution in [-0.2, 0) is 0 Å². The fourth-order valence-corrected chi connectivity index (χ4v) is 7.44. The van der Waals surface area contributed by atoms with Crippen molar-refractivity contribution in [1.29, 1.82) is 0 Å². The molecule has 0 amide bonds. The summed E-state index contributed by atoms with van der Waals surface area (Å²) in [6.07, 6.45) is 4.47. The van der Waals surface area contributed by atoms with E-state index < -0.39 is 0 Å². The van der Waals surface area contributed by atoms with E-state index in [-0.39, 0.29) is 0 Å². The highest BCUT2D eigenvalue weighted by Gasteiger charge is 2.14. The number of fused-ring (bicyclic) bond motifs is 4. The predicted octanol–water partition coefficient (Wildman–Crippen LogP) is 11.4. The van der Waals surface area contributed by atoms with Crippen LogP contribution in [0.3, 0.4) is 0 Å². The maximum atomic E-state index is 4.66. The van der Waals surface area contributed by atoms with Crippen molar-refractivity contribution in [3.8, 4) is 33.6 Å². The first-order valence-electron chi connectivity index (χ1n) is 17.5. The Morgan fingerprint density at radius 3 is 1.67 bits per heavy atom. The molecule has 0 fully saturated rings. The second-order valence-electron chi connectivity index (χ2n) is 13.1. The van der Waals surface area contributed by atoms with Crippen molar-refractivity contribution in [2.75, 3.05) is 0 Å². The zero-order valence-electron chi connectivity index (χ0n) is 28.5. The first kappa shape index (κ1) is 30.4. The average molecular weight is 653 g/mol. The Balaban J connectivity index is 1.15. The van der Waals surface area contributed by atoms with Gasteiger partial charge in [-0.1, -0.05) is 134 Å². The number of benzene rings is 7. The minimum absolute atomic E-state index is 1.02. The number of hydrogen-bond donors (Lipinski definition) is 0. The number of para-hydroxylation sites is 3. The van der Waals surface area contributed by atoms with Gasteiger partial charge >= 0.3 is 0 Å². The lowest BCUT2D eigenvalue weighted by Crippen LogP contribution is -2.27. The largest absolute Gasteiger partial charge is 0.309 e. The Kier molecular flexibility index (Phi) is 7.56. The third-order valence-corrected chi connectivity index (χ3v) is 10.1. The van der Waals surface area contributed by atoms with Gasteiger partial charge in [-0.25, -0.2) is 0 Å². The molecule has 9 rings (SSSR count). The van der Waals surface area contributed by atoms with Gasteiger partial charge in [0.15, 0.2) is 0 Å². The molecule has 0 radical (unpaired) electrons. The standard InChI is InChI=1S/C49H36N2/c1-34(39-27-30-49-45(32-39)43-20-12-13-21-47(43)51(49)42-18-10-5-11-19-42)22-29-46-35(2)44-33-40(28-31-48(44)50(46)41-16-8-4-9-17-41)38-25-23-37(24-26-38)36-14-6-3-7-15-36/h3-33H,2H2,1H3/b34-22+,46-29+. The van der Waals surface area contributed by atoms with Crippen LogP contribution in [0.1, 0.15) is 12.5 Å². The quantitative estimate of drug-likeness (QED) is 0.169. The highest BCUT2D eigenvalue weighted by atomic mass is 15.0. The molecule has 0 unspecified atom stereocenters. The number of rotatable bonds is 6. The third-order valence-electron chi connectivity index (χ3n) is 10.1. The van der Waals surface area contributed by atoms with E-state index in [9.17, 15) is 0 Å². The van der Waals surface area contributed by atoms with E-state index >= 15 is 0 Å². The van der Waals surface area contributed by atoms with Crippen LogP contribution in [0.25, 0.3) is 84.6 Å². The molecule has 2 nitrogen and oxygen atoms in total.